The van der Waals surface area contributed by atoms with Crippen molar-refractivity contribution in [3.05, 3.63) is 35.6 Å². The average Bonchev–Trinajstić information content (AvgIpc) is 2.51. The van der Waals surface area contributed by atoms with Gasteiger partial charge in [-0.1, -0.05) is 37.5 Å². The molecule has 2 aliphatic rings. The van der Waals surface area contributed by atoms with Crippen LogP contribution >= 0.6 is 0 Å². The standard InChI is InChI=1S/C18H27FN2/c1-15-13-20-18(10-5-2-6-11-18)14-21(15)12-9-16-7-3-4-8-17(16)19/h3-4,7-8,15,20H,2,5-6,9-14H2,1H3. The topological polar surface area (TPSA) is 15.3 Å². The normalized spacial score (nSPS) is 26.1. The van der Waals surface area contributed by atoms with Crippen LogP contribution in [0.15, 0.2) is 24.3 Å². The minimum absolute atomic E-state index is 0.0623. The number of rotatable bonds is 3. The van der Waals surface area contributed by atoms with Crippen molar-refractivity contribution in [3.63, 3.8) is 0 Å². The molecule has 0 amide bonds. The summed E-state index contributed by atoms with van der Waals surface area (Å²) in [5, 5.41) is 3.81. The molecule has 0 radical (unpaired) electrons. The molecule has 1 aliphatic carbocycles. The van der Waals surface area contributed by atoms with Gasteiger partial charge in [0.25, 0.3) is 0 Å². The molecule has 1 aromatic carbocycles. The summed E-state index contributed by atoms with van der Waals surface area (Å²) in [4.78, 5) is 2.56. The Bertz CT molecular complexity index is 468. The molecule has 3 rings (SSSR count). The van der Waals surface area contributed by atoms with E-state index in [0.29, 0.717) is 11.6 Å². The van der Waals surface area contributed by atoms with Crippen LogP contribution in [0.2, 0.25) is 0 Å². The van der Waals surface area contributed by atoms with E-state index < -0.39 is 0 Å². The molecular formula is C18H27FN2. The van der Waals surface area contributed by atoms with Crippen LogP contribution < -0.4 is 5.32 Å². The van der Waals surface area contributed by atoms with Crippen molar-refractivity contribution in [1.82, 2.24) is 10.2 Å². The van der Waals surface area contributed by atoms with Crippen LogP contribution in [0.4, 0.5) is 4.39 Å². The number of piperazine rings is 1. The maximum Gasteiger partial charge on any atom is 0.126 e. The molecule has 0 aromatic heterocycles. The van der Waals surface area contributed by atoms with Crippen LogP contribution in [0.25, 0.3) is 0 Å². The maximum absolute atomic E-state index is 13.8. The van der Waals surface area contributed by atoms with Gasteiger partial charge < -0.3 is 5.32 Å². The third-order valence-corrected chi connectivity index (χ3v) is 5.34. The monoisotopic (exact) mass is 290 g/mol. The van der Waals surface area contributed by atoms with E-state index in [4.69, 9.17) is 0 Å². The van der Waals surface area contributed by atoms with E-state index in [1.165, 1.54) is 32.1 Å². The van der Waals surface area contributed by atoms with Crippen LogP contribution in [-0.2, 0) is 6.42 Å². The molecule has 1 spiro atoms. The predicted molar refractivity (Wildman–Crippen MR) is 85.0 cm³/mol. The maximum atomic E-state index is 13.8. The number of benzene rings is 1. The van der Waals surface area contributed by atoms with Gasteiger partial charge in [-0.15, -0.1) is 0 Å². The highest BCUT2D eigenvalue weighted by Gasteiger charge is 2.38. The van der Waals surface area contributed by atoms with Crippen molar-refractivity contribution >= 4 is 0 Å². The summed E-state index contributed by atoms with van der Waals surface area (Å²) in [6.45, 7) is 5.44. The quantitative estimate of drug-likeness (QED) is 0.918. The number of hydrogen-bond acceptors (Lipinski definition) is 2. The largest absolute Gasteiger partial charge is 0.308 e. The number of nitrogens with zero attached hydrogens (tertiary/aromatic N) is 1. The van der Waals surface area contributed by atoms with Gasteiger partial charge >= 0.3 is 0 Å². The first-order chi connectivity index (χ1) is 10.2. The molecule has 3 heteroatoms. The van der Waals surface area contributed by atoms with Gasteiger partial charge in [-0.25, -0.2) is 4.39 Å². The van der Waals surface area contributed by atoms with E-state index >= 15 is 0 Å². The molecule has 2 nitrogen and oxygen atoms in total. The highest BCUT2D eigenvalue weighted by Crippen LogP contribution is 2.31. The summed E-state index contributed by atoms with van der Waals surface area (Å²) < 4.78 is 13.8. The zero-order chi connectivity index (χ0) is 14.7. The zero-order valence-corrected chi connectivity index (χ0v) is 13.1. The SMILES string of the molecule is CC1CNC2(CCCCC2)CN1CCc1ccccc1F. The fourth-order valence-electron chi connectivity index (χ4n) is 3.92. The Labute approximate surface area is 127 Å². The van der Waals surface area contributed by atoms with Gasteiger partial charge in [0.05, 0.1) is 0 Å². The highest BCUT2D eigenvalue weighted by atomic mass is 19.1. The van der Waals surface area contributed by atoms with E-state index in [2.05, 4.69) is 17.1 Å². The van der Waals surface area contributed by atoms with E-state index in [-0.39, 0.29) is 5.82 Å². The lowest BCUT2D eigenvalue weighted by molar-refractivity contribution is 0.0636. The number of hydrogen-bond donors (Lipinski definition) is 1. The second kappa shape index (κ2) is 6.45. The lowest BCUT2D eigenvalue weighted by atomic mass is 9.79. The van der Waals surface area contributed by atoms with Gasteiger partial charge in [0.2, 0.25) is 0 Å². The second-order valence-corrected chi connectivity index (χ2v) is 6.88. The zero-order valence-electron chi connectivity index (χ0n) is 13.1. The fraction of sp³-hybridized carbons (Fsp3) is 0.667. The lowest BCUT2D eigenvalue weighted by Crippen LogP contribution is -2.64. The summed E-state index contributed by atoms with van der Waals surface area (Å²) >= 11 is 0. The van der Waals surface area contributed by atoms with Gasteiger partial charge in [-0.2, -0.15) is 0 Å². The van der Waals surface area contributed by atoms with Gasteiger partial charge in [-0.05, 0) is 37.8 Å². The minimum atomic E-state index is -0.0623. The van der Waals surface area contributed by atoms with Gasteiger partial charge in [0.15, 0.2) is 0 Å². The third kappa shape index (κ3) is 3.46. The number of halogens is 1. The lowest BCUT2D eigenvalue weighted by Gasteiger charge is -2.49. The Balaban J connectivity index is 1.62. The van der Waals surface area contributed by atoms with E-state index in [1.54, 1.807) is 12.1 Å². The van der Waals surface area contributed by atoms with Crippen LogP contribution in [-0.4, -0.2) is 36.1 Å². The predicted octanol–water partition coefficient (Wildman–Crippen LogP) is 3.36. The summed E-state index contributed by atoms with van der Waals surface area (Å²) in [6.07, 6.45) is 7.50. The molecule has 1 aliphatic heterocycles. The van der Waals surface area contributed by atoms with Crippen molar-refractivity contribution in [2.75, 3.05) is 19.6 Å². The average molecular weight is 290 g/mol. The Morgan fingerprint density at radius 3 is 2.76 bits per heavy atom. The molecular weight excluding hydrogens is 263 g/mol. The first-order valence-corrected chi connectivity index (χ1v) is 8.41. The molecule has 1 saturated heterocycles. The summed E-state index contributed by atoms with van der Waals surface area (Å²) in [6, 6.07) is 7.73. The summed E-state index contributed by atoms with van der Waals surface area (Å²) in [5.41, 5.74) is 1.18. The van der Waals surface area contributed by atoms with Crippen LogP contribution in [0, 0.1) is 5.82 Å². The molecule has 1 unspecified atom stereocenters. The fourth-order valence-corrected chi connectivity index (χ4v) is 3.92. The second-order valence-electron chi connectivity index (χ2n) is 6.88. The molecule has 116 valence electrons. The Hall–Kier alpha value is -0.930. The minimum Gasteiger partial charge on any atom is -0.308 e. The molecule has 1 saturated carbocycles. The molecule has 1 atom stereocenters. The Morgan fingerprint density at radius 1 is 1.24 bits per heavy atom. The summed E-state index contributed by atoms with van der Waals surface area (Å²) in [5.74, 6) is -0.0623. The van der Waals surface area contributed by atoms with Gasteiger partial charge in [0, 0.05) is 31.2 Å². The molecule has 1 N–H and O–H groups in total. The smallest absolute Gasteiger partial charge is 0.126 e. The van der Waals surface area contributed by atoms with E-state index in [9.17, 15) is 4.39 Å². The molecule has 1 aromatic rings. The van der Waals surface area contributed by atoms with Crippen LogP contribution in [0.5, 0.6) is 0 Å². The van der Waals surface area contributed by atoms with Crippen molar-refractivity contribution < 1.29 is 4.39 Å². The number of nitrogens with one attached hydrogen (secondary N) is 1. The van der Waals surface area contributed by atoms with Gasteiger partial charge in [-0.3, -0.25) is 4.90 Å². The Morgan fingerprint density at radius 2 is 2.00 bits per heavy atom. The first kappa shape index (κ1) is 15.0. The van der Waals surface area contributed by atoms with Crippen molar-refractivity contribution in [2.24, 2.45) is 0 Å². The van der Waals surface area contributed by atoms with E-state index in [1.807, 2.05) is 12.1 Å². The molecule has 21 heavy (non-hydrogen) atoms. The third-order valence-electron chi connectivity index (χ3n) is 5.34. The molecule has 1 heterocycles. The van der Waals surface area contributed by atoms with Crippen molar-refractivity contribution in [3.8, 4) is 0 Å². The van der Waals surface area contributed by atoms with Crippen molar-refractivity contribution in [2.45, 2.75) is 57.0 Å². The molecule has 2 fully saturated rings. The Kier molecular flexibility index (Phi) is 4.60. The van der Waals surface area contributed by atoms with Gasteiger partial charge in [0.1, 0.15) is 5.82 Å². The summed E-state index contributed by atoms with van der Waals surface area (Å²) in [7, 11) is 0. The van der Waals surface area contributed by atoms with Crippen LogP contribution in [0.3, 0.4) is 0 Å². The molecule has 0 bridgehead atoms. The van der Waals surface area contributed by atoms with Crippen molar-refractivity contribution in [1.29, 1.82) is 0 Å². The van der Waals surface area contributed by atoms with E-state index in [0.717, 1.165) is 31.6 Å². The first-order valence-electron chi connectivity index (χ1n) is 8.41. The van der Waals surface area contributed by atoms with Crippen LogP contribution in [0.1, 0.15) is 44.6 Å². The highest BCUT2D eigenvalue weighted by molar-refractivity contribution is 5.17.